The van der Waals surface area contributed by atoms with Gasteiger partial charge in [0.15, 0.2) is 6.10 Å². The smallest absolute Gasteiger partial charge is 0.168 e. The first-order valence-electron chi connectivity index (χ1n) is 5.94. The van der Waals surface area contributed by atoms with E-state index in [1.54, 1.807) is 12.3 Å². The molecule has 4 nitrogen and oxygen atoms in total. The van der Waals surface area contributed by atoms with Gasteiger partial charge in [-0.1, -0.05) is 18.2 Å². The molecular weight excluding hydrogens is 230 g/mol. The summed E-state index contributed by atoms with van der Waals surface area (Å²) < 4.78 is 11.2. The molecule has 1 aromatic heterocycles. The van der Waals surface area contributed by atoms with E-state index in [2.05, 4.69) is 0 Å². The summed E-state index contributed by atoms with van der Waals surface area (Å²) in [5, 5.41) is 9.02. The normalized spacial score (nSPS) is 12.3. The van der Waals surface area contributed by atoms with Gasteiger partial charge in [-0.25, -0.2) is 0 Å². The predicted molar refractivity (Wildman–Crippen MR) is 68.4 cm³/mol. The predicted octanol–water partition coefficient (Wildman–Crippen LogP) is 1.89. The lowest BCUT2D eigenvalue weighted by atomic mass is 10.1. The number of hydrogen-bond acceptors (Lipinski definition) is 4. The fourth-order valence-corrected chi connectivity index (χ4v) is 1.80. The molecule has 0 spiro atoms. The molecule has 2 rings (SSSR count). The molecular formula is C14H17NO3. The number of hydrogen-bond donors (Lipinski definition) is 2. The van der Waals surface area contributed by atoms with Crippen molar-refractivity contribution in [2.75, 3.05) is 13.2 Å². The van der Waals surface area contributed by atoms with Crippen LogP contribution in [0.3, 0.4) is 0 Å². The summed E-state index contributed by atoms with van der Waals surface area (Å²) >= 11 is 0. The summed E-state index contributed by atoms with van der Waals surface area (Å²) in [4.78, 5) is 0. The zero-order valence-corrected chi connectivity index (χ0v) is 10.1. The van der Waals surface area contributed by atoms with Gasteiger partial charge in [-0.2, -0.15) is 0 Å². The second-order valence-corrected chi connectivity index (χ2v) is 3.94. The SMILES string of the molecule is NCC(Oc1ccccc1CCO)c1ccco1. The molecule has 1 atom stereocenters. The van der Waals surface area contributed by atoms with Crippen LogP contribution in [0.25, 0.3) is 0 Å². The molecule has 0 saturated carbocycles. The van der Waals surface area contributed by atoms with Gasteiger partial charge in [-0.15, -0.1) is 0 Å². The summed E-state index contributed by atoms with van der Waals surface area (Å²) in [6.45, 7) is 0.426. The maximum Gasteiger partial charge on any atom is 0.168 e. The zero-order chi connectivity index (χ0) is 12.8. The second kappa shape index (κ2) is 6.23. The highest BCUT2D eigenvalue weighted by Crippen LogP contribution is 2.25. The van der Waals surface area contributed by atoms with Crippen LogP contribution >= 0.6 is 0 Å². The van der Waals surface area contributed by atoms with E-state index in [1.165, 1.54) is 0 Å². The lowest BCUT2D eigenvalue weighted by molar-refractivity contribution is 0.181. The molecule has 3 N–H and O–H groups in total. The minimum atomic E-state index is -0.306. The Morgan fingerprint density at radius 2 is 2.06 bits per heavy atom. The summed E-state index contributed by atoms with van der Waals surface area (Å²) in [5.41, 5.74) is 6.66. The van der Waals surface area contributed by atoms with Crippen molar-refractivity contribution in [1.29, 1.82) is 0 Å². The van der Waals surface area contributed by atoms with E-state index in [-0.39, 0.29) is 12.7 Å². The Morgan fingerprint density at radius 3 is 2.72 bits per heavy atom. The monoisotopic (exact) mass is 247 g/mol. The standard InChI is InChI=1S/C14H17NO3/c15-10-14(13-6-3-9-17-13)18-12-5-2-1-4-11(12)7-8-16/h1-6,9,14,16H,7-8,10,15H2. The van der Waals surface area contributed by atoms with E-state index < -0.39 is 0 Å². The number of benzene rings is 1. The Labute approximate surface area is 106 Å². The first kappa shape index (κ1) is 12.7. The van der Waals surface area contributed by atoms with E-state index in [1.807, 2.05) is 30.3 Å². The highest BCUT2D eigenvalue weighted by atomic mass is 16.5. The van der Waals surface area contributed by atoms with Gasteiger partial charge in [-0.05, 0) is 30.2 Å². The Balaban J connectivity index is 2.17. The maximum absolute atomic E-state index is 9.02. The summed E-state index contributed by atoms with van der Waals surface area (Å²) in [5.74, 6) is 1.44. The highest BCUT2D eigenvalue weighted by Gasteiger charge is 2.15. The topological polar surface area (TPSA) is 68.6 Å². The molecule has 2 aromatic rings. The number of ether oxygens (including phenoxy) is 1. The molecule has 4 heteroatoms. The highest BCUT2D eigenvalue weighted by molar-refractivity contribution is 5.34. The first-order valence-corrected chi connectivity index (χ1v) is 5.94. The number of aliphatic hydroxyl groups excluding tert-OH is 1. The molecule has 0 amide bonds. The van der Waals surface area contributed by atoms with Crippen molar-refractivity contribution in [3.63, 3.8) is 0 Å². The lowest BCUT2D eigenvalue weighted by Gasteiger charge is -2.17. The van der Waals surface area contributed by atoms with Crippen LogP contribution in [0.1, 0.15) is 17.4 Å². The van der Waals surface area contributed by atoms with E-state index in [9.17, 15) is 0 Å². The lowest BCUT2D eigenvalue weighted by Crippen LogP contribution is -2.18. The summed E-state index contributed by atoms with van der Waals surface area (Å²) in [6, 6.07) is 11.3. The second-order valence-electron chi connectivity index (χ2n) is 3.94. The van der Waals surface area contributed by atoms with Crippen molar-refractivity contribution in [3.8, 4) is 5.75 Å². The number of para-hydroxylation sites is 1. The van der Waals surface area contributed by atoms with Crippen LogP contribution in [0.2, 0.25) is 0 Å². The molecule has 0 bridgehead atoms. The number of furan rings is 1. The van der Waals surface area contributed by atoms with Crippen LogP contribution in [0, 0.1) is 0 Å². The minimum Gasteiger partial charge on any atom is -0.481 e. The Kier molecular flexibility index (Phi) is 4.39. The Bertz CT molecular complexity index is 468. The summed E-state index contributed by atoms with van der Waals surface area (Å²) in [7, 11) is 0. The van der Waals surface area contributed by atoms with E-state index in [0.29, 0.717) is 18.7 Å². The molecule has 18 heavy (non-hydrogen) atoms. The van der Waals surface area contributed by atoms with Gasteiger partial charge in [0.05, 0.1) is 6.26 Å². The van der Waals surface area contributed by atoms with Crippen LogP contribution in [0.15, 0.2) is 47.1 Å². The van der Waals surface area contributed by atoms with Crippen LogP contribution in [-0.4, -0.2) is 18.3 Å². The van der Waals surface area contributed by atoms with Crippen LogP contribution in [0.4, 0.5) is 0 Å². The van der Waals surface area contributed by atoms with Gasteiger partial charge in [-0.3, -0.25) is 0 Å². The first-order chi connectivity index (χ1) is 8.85. The van der Waals surface area contributed by atoms with Crippen LogP contribution in [0.5, 0.6) is 5.75 Å². The number of aliphatic hydroxyl groups is 1. The molecule has 0 radical (unpaired) electrons. The third-order valence-electron chi connectivity index (χ3n) is 2.70. The van der Waals surface area contributed by atoms with E-state index in [4.69, 9.17) is 20.0 Å². The number of rotatable bonds is 6. The molecule has 1 heterocycles. The van der Waals surface area contributed by atoms with Gasteiger partial charge < -0.3 is 20.0 Å². The largest absolute Gasteiger partial charge is 0.481 e. The van der Waals surface area contributed by atoms with Crippen molar-refractivity contribution < 1.29 is 14.3 Å². The quantitative estimate of drug-likeness (QED) is 0.818. The van der Waals surface area contributed by atoms with E-state index in [0.717, 1.165) is 11.3 Å². The number of nitrogens with two attached hydrogens (primary N) is 1. The summed E-state index contributed by atoms with van der Waals surface area (Å²) in [6.07, 6.45) is 1.85. The van der Waals surface area contributed by atoms with Gasteiger partial charge in [0.1, 0.15) is 11.5 Å². The third-order valence-corrected chi connectivity index (χ3v) is 2.70. The zero-order valence-electron chi connectivity index (χ0n) is 10.1. The molecule has 1 unspecified atom stereocenters. The van der Waals surface area contributed by atoms with Crippen molar-refractivity contribution in [1.82, 2.24) is 0 Å². The maximum atomic E-state index is 9.02. The van der Waals surface area contributed by atoms with Gasteiger partial charge in [0, 0.05) is 13.2 Å². The fraction of sp³-hybridized carbons (Fsp3) is 0.286. The van der Waals surface area contributed by atoms with Crippen LogP contribution < -0.4 is 10.5 Å². The molecule has 0 saturated heterocycles. The van der Waals surface area contributed by atoms with Crippen molar-refractivity contribution in [2.45, 2.75) is 12.5 Å². The molecule has 0 aliphatic heterocycles. The Morgan fingerprint density at radius 1 is 1.22 bits per heavy atom. The van der Waals surface area contributed by atoms with Crippen molar-refractivity contribution >= 4 is 0 Å². The van der Waals surface area contributed by atoms with Crippen molar-refractivity contribution in [3.05, 3.63) is 54.0 Å². The molecule has 96 valence electrons. The Hall–Kier alpha value is -1.78. The van der Waals surface area contributed by atoms with Crippen LogP contribution in [-0.2, 0) is 6.42 Å². The third kappa shape index (κ3) is 2.91. The molecule has 0 aliphatic rings. The molecule has 1 aromatic carbocycles. The van der Waals surface area contributed by atoms with Gasteiger partial charge in [0.2, 0.25) is 0 Å². The molecule has 0 aliphatic carbocycles. The average molecular weight is 247 g/mol. The van der Waals surface area contributed by atoms with Gasteiger partial charge >= 0.3 is 0 Å². The van der Waals surface area contributed by atoms with Gasteiger partial charge in [0.25, 0.3) is 0 Å². The average Bonchev–Trinajstić information content (AvgIpc) is 2.92. The fourth-order valence-electron chi connectivity index (χ4n) is 1.80. The molecule has 0 fully saturated rings. The minimum absolute atomic E-state index is 0.0917. The van der Waals surface area contributed by atoms with E-state index >= 15 is 0 Å². The van der Waals surface area contributed by atoms with Crippen molar-refractivity contribution in [2.24, 2.45) is 5.73 Å².